The topological polar surface area (TPSA) is 32.3 Å². The van der Waals surface area contributed by atoms with E-state index in [1.165, 1.54) is 5.56 Å². The molecule has 0 spiro atoms. The lowest BCUT2D eigenvalue weighted by Gasteiger charge is -2.19. The van der Waals surface area contributed by atoms with Gasteiger partial charge in [-0.25, -0.2) is 0 Å². The Morgan fingerprint density at radius 1 is 1.14 bits per heavy atom. The molecule has 0 unspecified atom stereocenters. The number of rotatable bonds is 3. The number of anilines is 2. The standard InChI is InChI=1S/C16H13Cl3N2O/c17-11-7-12(18)16(13(19)8-11)20-15(22)9-21-6-5-10-3-1-2-4-14(10)21/h1-4,7-8H,5-6,9H2,(H,20,22). The molecule has 0 fully saturated rings. The molecule has 1 N–H and O–H groups in total. The zero-order valence-corrected chi connectivity index (χ0v) is 13.8. The van der Waals surface area contributed by atoms with E-state index in [4.69, 9.17) is 34.8 Å². The summed E-state index contributed by atoms with van der Waals surface area (Å²) in [6.07, 6.45) is 0.950. The molecular weight excluding hydrogens is 343 g/mol. The number of halogens is 3. The Morgan fingerprint density at radius 2 is 1.82 bits per heavy atom. The van der Waals surface area contributed by atoms with Gasteiger partial charge in [-0.15, -0.1) is 0 Å². The predicted octanol–water partition coefficient (Wildman–Crippen LogP) is 4.65. The van der Waals surface area contributed by atoms with Gasteiger partial charge in [0.25, 0.3) is 0 Å². The molecule has 0 bridgehead atoms. The fourth-order valence-electron chi connectivity index (χ4n) is 2.58. The number of nitrogens with one attached hydrogen (secondary N) is 1. The molecule has 0 aliphatic carbocycles. The van der Waals surface area contributed by atoms with Gasteiger partial charge in [-0.1, -0.05) is 53.0 Å². The van der Waals surface area contributed by atoms with Crippen LogP contribution in [0.5, 0.6) is 0 Å². The molecule has 1 aliphatic heterocycles. The number of fused-ring (bicyclic) bond motifs is 1. The van der Waals surface area contributed by atoms with Crippen molar-refractivity contribution < 1.29 is 4.79 Å². The molecule has 0 atom stereocenters. The van der Waals surface area contributed by atoms with Crippen molar-refractivity contribution in [3.8, 4) is 0 Å². The molecule has 1 amide bonds. The van der Waals surface area contributed by atoms with Gasteiger partial charge in [0.05, 0.1) is 22.3 Å². The average molecular weight is 356 g/mol. The Morgan fingerprint density at radius 3 is 2.55 bits per heavy atom. The van der Waals surface area contributed by atoms with E-state index in [0.717, 1.165) is 18.7 Å². The third kappa shape index (κ3) is 3.17. The second-order valence-corrected chi connectivity index (χ2v) is 6.34. The van der Waals surface area contributed by atoms with E-state index in [1.807, 2.05) is 23.1 Å². The molecule has 6 heteroatoms. The molecule has 3 nitrogen and oxygen atoms in total. The molecule has 1 aliphatic rings. The molecule has 0 saturated heterocycles. The van der Waals surface area contributed by atoms with Crippen molar-refractivity contribution in [3.63, 3.8) is 0 Å². The second kappa shape index (κ2) is 6.37. The van der Waals surface area contributed by atoms with Crippen LogP contribution in [0, 0.1) is 0 Å². The van der Waals surface area contributed by atoms with E-state index in [1.54, 1.807) is 12.1 Å². The normalized spacial score (nSPS) is 13.1. The number of hydrogen-bond acceptors (Lipinski definition) is 2. The van der Waals surface area contributed by atoms with E-state index < -0.39 is 0 Å². The van der Waals surface area contributed by atoms with E-state index in [-0.39, 0.29) is 12.5 Å². The SMILES string of the molecule is O=C(CN1CCc2ccccc21)Nc1c(Cl)cc(Cl)cc1Cl. The highest BCUT2D eigenvalue weighted by atomic mass is 35.5. The molecule has 0 radical (unpaired) electrons. The smallest absolute Gasteiger partial charge is 0.243 e. The van der Waals surface area contributed by atoms with Gasteiger partial charge in [-0.05, 0) is 30.2 Å². The number of para-hydroxylation sites is 1. The van der Waals surface area contributed by atoms with Crippen LogP contribution in [0.25, 0.3) is 0 Å². The summed E-state index contributed by atoms with van der Waals surface area (Å²) in [5.74, 6) is -0.164. The van der Waals surface area contributed by atoms with Gasteiger partial charge < -0.3 is 10.2 Å². The monoisotopic (exact) mass is 354 g/mol. The maximum absolute atomic E-state index is 12.3. The van der Waals surface area contributed by atoms with Crippen molar-refractivity contribution in [2.75, 3.05) is 23.3 Å². The Bertz CT molecular complexity index is 710. The van der Waals surface area contributed by atoms with Crippen LogP contribution in [0.2, 0.25) is 15.1 Å². The lowest BCUT2D eigenvalue weighted by atomic mass is 10.2. The van der Waals surface area contributed by atoms with Gasteiger partial charge in [0.1, 0.15) is 0 Å². The molecule has 0 saturated carbocycles. The predicted molar refractivity (Wildman–Crippen MR) is 92.5 cm³/mol. The van der Waals surface area contributed by atoms with Gasteiger partial charge in [-0.3, -0.25) is 4.79 Å². The van der Waals surface area contributed by atoms with Gasteiger partial charge in [0.15, 0.2) is 0 Å². The summed E-state index contributed by atoms with van der Waals surface area (Å²) in [6, 6.07) is 11.2. The summed E-state index contributed by atoms with van der Waals surface area (Å²) in [5, 5.41) is 3.85. The zero-order valence-electron chi connectivity index (χ0n) is 11.6. The highest BCUT2D eigenvalue weighted by Gasteiger charge is 2.21. The molecule has 0 aromatic heterocycles. The fourth-order valence-corrected chi connectivity index (χ4v) is 3.50. The third-order valence-corrected chi connectivity index (χ3v) is 4.40. The first-order valence-electron chi connectivity index (χ1n) is 6.82. The quantitative estimate of drug-likeness (QED) is 0.869. The van der Waals surface area contributed by atoms with E-state index in [0.29, 0.717) is 20.8 Å². The van der Waals surface area contributed by atoms with Gasteiger partial charge in [-0.2, -0.15) is 0 Å². The molecule has 2 aromatic rings. The van der Waals surface area contributed by atoms with Crippen molar-refractivity contribution in [3.05, 3.63) is 57.0 Å². The van der Waals surface area contributed by atoms with Crippen molar-refractivity contribution in [1.29, 1.82) is 0 Å². The largest absolute Gasteiger partial charge is 0.362 e. The molecular formula is C16H13Cl3N2O. The van der Waals surface area contributed by atoms with Crippen LogP contribution < -0.4 is 10.2 Å². The van der Waals surface area contributed by atoms with Crippen LogP contribution in [0.1, 0.15) is 5.56 Å². The summed E-state index contributed by atoms with van der Waals surface area (Å²) in [7, 11) is 0. The number of hydrogen-bond donors (Lipinski definition) is 1. The minimum atomic E-state index is -0.164. The first-order valence-corrected chi connectivity index (χ1v) is 7.95. The molecule has 3 rings (SSSR count). The first-order chi connectivity index (χ1) is 10.5. The van der Waals surface area contributed by atoms with Crippen LogP contribution in [-0.2, 0) is 11.2 Å². The summed E-state index contributed by atoms with van der Waals surface area (Å²) in [5.41, 5.74) is 2.76. The van der Waals surface area contributed by atoms with Crippen LogP contribution in [0.3, 0.4) is 0 Å². The van der Waals surface area contributed by atoms with Crippen molar-refractivity contribution >= 4 is 52.1 Å². The van der Waals surface area contributed by atoms with Crippen molar-refractivity contribution in [2.45, 2.75) is 6.42 Å². The van der Waals surface area contributed by atoms with Gasteiger partial charge in [0.2, 0.25) is 5.91 Å². The van der Waals surface area contributed by atoms with Crippen LogP contribution in [0.4, 0.5) is 11.4 Å². The summed E-state index contributed by atoms with van der Waals surface area (Å²) >= 11 is 18.0. The van der Waals surface area contributed by atoms with Crippen LogP contribution >= 0.6 is 34.8 Å². The van der Waals surface area contributed by atoms with Gasteiger partial charge >= 0.3 is 0 Å². The number of carbonyl (C=O) groups is 1. The highest BCUT2D eigenvalue weighted by molar-refractivity contribution is 6.42. The lowest BCUT2D eigenvalue weighted by molar-refractivity contribution is -0.115. The number of nitrogens with zero attached hydrogens (tertiary/aromatic N) is 1. The summed E-state index contributed by atoms with van der Waals surface area (Å²) < 4.78 is 0. The average Bonchev–Trinajstić information content (AvgIpc) is 2.86. The first kappa shape index (κ1) is 15.5. The molecule has 2 aromatic carbocycles. The fraction of sp³-hybridized carbons (Fsp3) is 0.188. The summed E-state index contributed by atoms with van der Waals surface area (Å²) in [4.78, 5) is 14.3. The Kier molecular flexibility index (Phi) is 4.48. The maximum Gasteiger partial charge on any atom is 0.243 e. The Labute approximate surface area is 143 Å². The minimum absolute atomic E-state index is 0.164. The van der Waals surface area contributed by atoms with Crippen LogP contribution in [-0.4, -0.2) is 19.0 Å². The van der Waals surface area contributed by atoms with Crippen LogP contribution in [0.15, 0.2) is 36.4 Å². The zero-order chi connectivity index (χ0) is 15.7. The van der Waals surface area contributed by atoms with E-state index >= 15 is 0 Å². The number of amides is 1. The van der Waals surface area contributed by atoms with Gasteiger partial charge in [0, 0.05) is 17.3 Å². The van der Waals surface area contributed by atoms with Crippen molar-refractivity contribution in [2.24, 2.45) is 0 Å². The van der Waals surface area contributed by atoms with Crippen molar-refractivity contribution in [1.82, 2.24) is 0 Å². The van der Waals surface area contributed by atoms with E-state index in [9.17, 15) is 4.79 Å². The lowest BCUT2D eigenvalue weighted by Crippen LogP contribution is -2.32. The minimum Gasteiger partial charge on any atom is -0.362 e. The Hall–Kier alpha value is -1.42. The Balaban J connectivity index is 1.72. The molecule has 22 heavy (non-hydrogen) atoms. The molecule has 1 heterocycles. The number of benzene rings is 2. The maximum atomic E-state index is 12.3. The third-order valence-electron chi connectivity index (χ3n) is 3.59. The highest BCUT2D eigenvalue weighted by Crippen LogP contribution is 2.34. The molecule has 114 valence electrons. The summed E-state index contributed by atoms with van der Waals surface area (Å²) in [6.45, 7) is 1.08. The van der Waals surface area contributed by atoms with E-state index in [2.05, 4.69) is 11.4 Å². The second-order valence-electron chi connectivity index (χ2n) is 5.09. The number of carbonyl (C=O) groups excluding carboxylic acids is 1.